The van der Waals surface area contributed by atoms with Gasteiger partial charge in [-0.3, -0.25) is 24.8 Å². The van der Waals surface area contributed by atoms with Gasteiger partial charge in [0.05, 0.1) is 33.2 Å². The highest BCUT2D eigenvalue weighted by Gasteiger charge is 2.34. The molecule has 2 aromatic heterocycles. The van der Waals surface area contributed by atoms with Crippen molar-refractivity contribution in [2.75, 3.05) is 11.9 Å². The van der Waals surface area contributed by atoms with E-state index in [1.165, 1.54) is 24.0 Å². The molecule has 9 heteroatoms. The van der Waals surface area contributed by atoms with E-state index in [-0.39, 0.29) is 17.9 Å². The van der Waals surface area contributed by atoms with E-state index in [0.29, 0.717) is 12.8 Å². The molecule has 4 heterocycles. The van der Waals surface area contributed by atoms with E-state index in [9.17, 15) is 9.59 Å². The molecule has 8 nitrogen and oxygen atoms in total. The zero-order valence-corrected chi connectivity index (χ0v) is 22.7. The molecule has 39 heavy (non-hydrogen) atoms. The smallest absolute Gasteiger partial charge is 0.243 e. The number of piperidine rings is 1. The minimum absolute atomic E-state index is 0.160. The highest BCUT2D eigenvalue weighted by atomic mass is 32.1. The number of aromatic nitrogens is 3. The van der Waals surface area contributed by atoms with Crippen LogP contribution in [0.4, 0.5) is 5.69 Å². The van der Waals surface area contributed by atoms with Crippen molar-refractivity contribution < 1.29 is 9.59 Å². The number of carbonyl (C=O) groups is 2. The number of anilines is 1. The molecule has 1 unspecified atom stereocenters. The molecule has 0 aliphatic carbocycles. The number of fused-ring (bicyclic) bond motifs is 2. The van der Waals surface area contributed by atoms with Crippen LogP contribution in [0.25, 0.3) is 21.6 Å². The molecular weight excluding hydrogens is 508 g/mol. The summed E-state index contributed by atoms with van der Waals surface area (Å²) >= 11 is 1.71. The first-order chi connectivity index (χ1) is 19.1. The average molecular weight is 541 g/mol. The number of hydrogen-bond acceptors (Lipinski definition) is 8. The van der Waals surface area contributed by atoms with E-state index in [0.717, 1.165) is 71.2 Å². The Balaban J connectivity index is 0.905. The monoisotopic (exact) mass is 540 g/mol. The normalized spacial score (nSPS) is 17.4. The number of aryl methyl sites for hydroxylation is 1. The standard InChI is InChI=1S/C30H32N6O2S/c37-28-13-12-26(30(38)35-28)36-18-20-10-11-22(15-21(20)19-36)31-14-6-2-1-3-9-29-33-17-27(39-29)25-16-32-23-7-4-5-8-24(23)34-25/h4-5,7-8,10-11,15-17,26,31H,1-3,6,9,12-14,18-19H2,(H,35,37,38). The quantitative estimate of drug-likeness (QED) is 0.213. The lowest BCUT2D eigenvalue weighted by molar-refractivity contribution is -0.137. The van der Waals surface area contributed by atoms with Crippen LogP contribution in [0, 0.1) is 0 Å². The van der Waals surface area contributed by atoms with Gasteiger partial charge in [-0.2, -0.15) is 0 Å². The Bertz CT molecular complexity index is 1500. The molecule has 0 bridgehead atoms. The van der Waals surface area contributed by atoms with E-state index in [2.05, 4.69) is 43.7 Å². The molecule has 2 aliphatic rings. The fraction of sp³-hybridized carbons (Fsp3) is 0.367. The zero-order valence-electron chi connectivity index (χ0n) is 21.9. The number of hydrogen-bond donors (Lipinski definition) is 2. The van der Waals surface area contributed by atoms with Gasteiger partial charge in [-0.15, -0.1) is 11.3 Å². The number of carbonyl (C=O) groups excluding carboxylic acids is 2. The Hall–Kier alpha value is -3.69. The van der Waals surface area contributed by atoms with Crippen molar-refractivity contribution in [3.8, 4) is 10.6 Å². The second-order valence-electron chi connectivity index (χ2n) is 10.3. The fourth-order valence-electron chi connectivity index (χ4n) is 5.39. The van der Waals surface area contributed by atoms with Gasteiger partial charge in [0, 0.05) is 37.9 Å². The second-order valence-corrected chi connectivity index (χ2v) is 11.4. The number of thiazole rings is 1. The lowest BCUT2D eigenvalue weighted by Gasteiger charge is -2.29. The van der Waals surface area contributed by atoms with Gasteiger partial charge < -0.3 is 5.32 Å². The zero-order chi connectivity index (χ0) is 26.6. The minimum Gasteiger partial charge on any atom is -0.385 e. The van der Waals surface area contributed by atoms with Gasteiger partial charge in [-0.05, 0) is 61.1 Å². The maximum atomic E-state index is 12.2. The topological polar surface area (TPSA) is 100 Å². The first-order valence-electron chi connectivity index (χ1n) is 13.7. The maximum absolute atomic E-state index is 12.2. The second kappa shape index (κ2) is 11.6. The Labute approximate surface area is 231 Å². The SMILES string of the molecule is O=C1CCC(N2Cc3ccc(NCCCCCCc4ncc(-c5cnc6ccccc6n5)s4)cc3C2)C(=O)N1. The summed E-state index contributed by atoms with van der Waals surface area (Å²) in [6.07, 6.45) is 10.4. The number of benzene rings is 2. The number of unbranched alkanes of at least 4 members (excludes halogenated alkanes) is 3. The van der Waals surface area contributed by atoms with Gasteiger partial charge in [-0.25, -0.2) is 9.97 Å². The number of para-hydroxylation sites is 2. The summed E-state index contributed by atoms with van der Waals surface area (Å²) in [5.41, 5.74) is 6.37. The molecular formula is C30H32N6O2S. The van der Waals surface area contributed by atoms with Crippen LogP contribution >= 0.6 is 11.3 Å². The van der Waals surface area contributed by atoms with Crippen molar-refractivity contribution in [3.63, 3.8) is 0 Å². The van der Waals surface area contributed by atoms with E-state index >= 15 is 0 Å². The van der Waals surface area contributed by atoms with E-state index in [4.69, 9.17) is 4.98 Å². The van der Waals surface area contributed by atoms with Crippen LogP contribution in [0.3, 0.4) is 0 Å². The third-order valence-corrected chi connectivity index (χ3v) is 8.58. The molecule has 0 saturated carbocycles. The van der Waals surface area contributed by atoms with Gasteiger partial charge in [0.1, 0.15) is 5.69 Å². The van der Waals surface area contributed by atoms with Crippen molar-refractivity contribution in [3.05, 3.63) is 71.0 Å². The maximum Gasteiger partial charge on any atom is 0.243 e. The van der Waals surface area contributed by atoms with Crippen LogP contribution in [0.5, 0.6) is 0 Å². The van der Waals surface area contributed by atoms with Crippen molar-refractivity contribution in [2.45, 2.75) is 64.1 Å². The molecule has 2 aliphatic heterocycles. The number of rotatable bonds is 10. The predicted molar refractivity (Wildman–Crippen MR) is 153 cm³/mol. The van der Waals surface area contributed by atoms with Crippen LogP contribution in [-0.2, 0) is 29.1 Å². The summed E-state index contributed by atoms with van der Waals surface area (Å²) < 4.78 is 0. The summed E-state index contributed by atoms with van der Waals surface area (Å²) in [6, 6.07) is 14.2. The minimum atomic E-state index is -0.213. The van der Waals surface area contributed by atoms with Crippen LogP contribution in [0.2, 0.25) is 0 Å². The molecule has 0 spiro atoms. The first-order valence-corrected chi connectivity index (χ1v) is 14.5. The predicted octanol–water partition coefficient (Wildman–Crippen LogP) is 5.09. The van der Waals surface area contributed by atoms with Crippen LogP contribution < -0.4 is 10.6 Å². The van der Waals surface area contributed by atoms with Crippen LogP contribution in [-0.4, -0.2) is 44.3 Å². The Morgan fingerprint density at radius 3 is 2.69 bits per heavy atom. The summed E-state index contributed by atoms with van der Waals surface area (Å²) in [5, 5.41) is 7.19. The highest BCUT2D eigenvalue weighted by Crippen LogP contribution is 2.30. The van der Waals surface area contributed by atoms with Crippen LogP contribution in [0.15, 0.2) is 54.9 Å². The molecule has 6 rings (SSSR count). The van der Waals surface area contributed by atoms with Crippen molar-refractivity contribution in [1.29, 1.82) is 0 Å². The molecule has 1 atom stereocenters. The molecule has 1 fully saturated rings. The molecule has 2 amide bonds. The Morgan fingerprint density at radius 1 is 0.949 bits per heavy atom. The van der Waals surface area contributed by atoms with Gasteiger partial charge in [0.2, 0.25) is 11.8 Å². The number of imide groups is 1. The van der Waals surface area contributed by atoms with E-state index < -0.39 is 0 Å². The number of nitrogens with zero attached hydrogens (tertiary/aromatic N) is 4. The third-order valence-electron chi connectivity index (χ3n) is 7.51. The molecule has 0 radical (unpaired) electrons. The summed E-state index contributed by atoms with van der Waals surface area (Å²) in [6.45, 7) is 2.46. The first kappa shape index (κ1) is 25.6. The molecule has 2 aromatic carbocycles. The van der Waals surface area contributed by atoms with Gasteiger partial charge >= 0.3 is 0 Å². The van der Waals surface area contributed by atoms with Crippen molar-refractivity contribution in [2.24, 2.45) is 0 Å². The summed E-state index contributed by atoms with van der Waals surface area (Å²) in [4.78, 5) is 40.8. The molecule has 4 aromatic rings. The number of nitrogens with one attached hydrogen (secondary N) is 2. The lowest BCUT2D eigenvalue weighted by atomic mass is 10.0. The Morgan fingerprint density at radius 2 is 1.79 bits per heavy atom. The van der Waals surface area contributed by atoms with E-state index in [1.54, 1.807) is 11.3 Å². The molecule has 2 N–H and O–H groups in total. The highest BCUT2D eigenvalue weighted by molar-refractivity contribution is 7.15. The van der Waals surface area contributed by atoms with E-state index in [1.807, 2.05) is 36.7 Å². The van der Waals surface area contributed by atoms with Gasteiger partial charge in [0.15, 0.2) is 0 Å². The third kappa shape index (κ3) is 5.99. The Kier molecular flexibility index (Phi) is 7.60. The summed E-state index contributed by atoms with van der Waals surface area (Å²) in [7, 11) is 0. The fourth-order valence-corrected chi connectivity index (χ4v) is 6.30. The summed E-state index contributed by atoms with van der Waals surface area (Å²) in [5.74, 6) is -0.323. The number of amides is 2. The van der Waals surface area contributed by atoms with Gasteiger partial charge in [-0.1, -0.05) is 31.0 Å². The largest absolute Gasteiger partial charge is 0.385 e. The van der Waals surface area contributed by atoms with Crippen molar-refractivity contribution >= 4 is 39.9 Å². The molecule has 200 valence electrons. The van der Waals surface area contributed by atoms with Gasteiger partial charge in [0.25, 0.3) is 0 Å². The van der Waals surface area contributed by atoms with Crippen LogP contribution in [0.1, 0.15) is 54.7 Å². The lowest BCUT2D eigenvalue weighted by Crippen LogP contribution is -2.50. The average Bonchev–Trinajstić information content (AvgIpc) is 3.59. The molecule has 1 saturated heterocycles. The van der Waals surface area contributed by atoms with Crippen molar-refractivity contribution in [1.82, 2.24) is 25.2 Å².